The molecule has 1 unspecified atom stereocenters. The molecule has 2 heteroatoms. The van der Waals surface area contributed by atoms with Gasteiger partial charge in [-0.2, -0.15) is 0 Å². The van der Waals surface area contributed by atoms with Crippen molar-refractivity contribution >= 4 is 0 Å². The Morgan fingerprint density at radius 3 is 3.38 bits per heavy atom. The molecule has 46 valence electrons. The Kier molecular flexibility index (Phi) is 1.92. The van der Waals surface area contributed by atoms with E-state index in [0.29, 0.717) is 13.2 Å². The molecule has 0 saturated heterocycles. The van der Waals surface area contributed by atoms with Crippen molar-refractivity contribution in [2.24, 2.45) is 0 Å². The molecule has 8 heavy (non-hydrogen) atoms. The molecule has 1 rings (SSSR count). The van der Waals surface area contributed by atoms with Gasteiger partial charge in [-0.1, -0.05) is 0 Å². The molecule has 0 aliphatic carbocycles. The van der Waals surface area contributed by atoms with Crippen molar-refractivity contribution in [2.45, 2.75) is 13.0 Å². The second-order valence-electron chi connectivity index (χ2n) is 1.86. The molecule has 0 aromatic rings. The fraction of sp³-hybridized carbons (Fsp3) is 0.667. The maximum atomic E-state index is 5.10. The molecule has 0 fully saturated rings. The quantitative estimate of drug-likeness (QED) is 0.466. The van der Waals surface area contributed by atoms with E-state index in [4.69, 9.17) is 9.47 Å². The first-order valence-corrected chi connectivity index (χ1v) is 2.78. The second kappa shape index (κ2) is 2.72. The first-order chi connectivity index (χ1) is 3.89. The van der Waals surface area contributed by atoms with E-state index in [1.165, 1.54) is 0 Å². The monoisotopic (exact) mass is 114 g/mol. The Hall–Kier alpha value is -0.500. The molecule has 0 radical (unpaired) electrons. The van der Waals surface area contributed by atoms with Gasteiger partial charge >= 0.3 is 0 Å². The zero-order valence-electron chi connectivity index (χ0n) is 4.96. The van der Waals surface area contributed by atoms with Crippen LogP contribution in [0.3, 0.4) is 0 Å². The number of hydrogen-bond acceptors (Lipinski definition) is 2. The van der Waals surface area contributed by atoms with Crippen LogP contribution < -0.4 is 0 Å². The van der Waals surface area contributed by atoms with Crippen LogP contribution in [-0.2, 0) is 9.47 Å². The predicted molar refractivity (Wildman–Crippen MR) is 30.5 cm³/mol. The van der Waals surface area contributed by atoms with Gasteiger partial charge in [-0.25, -0.2) is 0 Å². The lowest BCUT2D eigenvalue weighted by molar-refractivity contribution is 0.0644. The molecular formula is C6H10O2. The van der Waals surface area contributed by atoms with Gasteiger partial charge in [0.2, 0.25) is 0 Å². The highest BCUT2D eigenvalue weighted by atomic mass is 16.5. The molecule has 0 aromatic heterocycles. The molecule has 1 atom stereocenters. The zero-order chi connectivity index (χ0) is 5.82. The van der Waals surface area contributed by atoms with E-state index in [1.54, 1.807) is 6.26 Å². The van der Waals surface area contributed by atoms with Crippen LogP contribution in [0.15, 0.2) is 12.3 Å². The van der Waals surface area contributed by atoms with Crippen molar-refractivity contribution in [1.82, 2.24) is 0 Å². The van der Waals surface area contributed by atoms with Gasteiger partial charge in [0.05, 0.1) is 19.5 Å². The highest BCUT2D eigenvalue weighted by molar-refractivity contribution is 4.76. The van der Waals surface area contributed by atoms with Crippen LogP contribution in [0.1, 0.15) is 6.92 Å². The van der Waals surface area contributed by atoms with E-state index in [1.807, 2.05) is 13.0 Å². The van der Waals surface area contributed by atoms with Crippen LogP contribution in [0, 0.1) is 0 Å². The number of hydrogen-bond donors (Lipinski definition) is 0. The lowest BCUT2D eigenvalue weighted by Crippen LogP contribution is -2.10. The molecule has 0 spiro atoms. The highest BCUT2D eigenvalue weighted by Gasteiger charge is 2.00. The van der Waals surface area contributed by atoms with E-state index < -0.39 is 0 Å². The fourth-order valence-corrected chi connectivity index (χ4v) is 0.570. The van der Waals surface area contributed by atoms with E-state index in [2.05, 4.69) is 0 Å². The third-order valence-corrected chi connectivity index (χ3v) is 0.974. The molecule has 0 bridgehead atoms. The van der Waals surface area contributed by atoms with Crippen molar-refractivity contribution in [3.63, 3.8) is 0 Å². The lowest BCUT2D eigenvalue weighted by atomic mass is 10.4. The molecule has 0 N–H and O–H groups in total. The molecule has 0 amide bonds. The summed E-state index contributed by atoms with van der Waals surface area (Å²) in [6, 6.07) is 0. The highest BCUT2D eigenvalue weighted by Crippen LogP contribution is 1.96. The van der Waals surface area contributed by atoms with Gasteiger partial charge in [-0.15, -0.1) is 0 Å². The van der Waals surface area contributed by atoms with Crippen LogP contribution in [0.25, 0.3) is 0 Å². The summed E-state index contributed by atoms with van der Waals surface area (Å²) >= 11 is 0. The number of ether oxygens (including phenoxy) is 2. The minimum absolute atomic E-state index is 0.216. The average molecular weight is 114 g/mol. The third-order valence-electron chi connectivity index (χ3n) is 0.974. The topological polar surface area (TPSA) is 18.5 Å². The van der Waals surface area contributed by atoms with Crippen molar-refractivity contribution in [3.05, 3.63) is 12.3 Å². The van der Waals surface area contributed by atoms with Crippen LogP contribution in [0.4, 0.5) is 0 Å². The minimum atomic E-state index is 0.216. The SMILES string of the molecule is CC1COCC=CO1. The van der Waals surface area contributed by atoms with Crippen LogP contribution in [-0.4, -0.2) is 19.3 Å². The lowest BCUT2D eigenvalue weighted by Gasteiger charge is -2.05. The smallest absolute Gasteiger partial charge is 0.118 e. The van der Waals surface area contributed by atoms with Gasteiger partial charge in [0.25, 0.3) is 0 Å². The maximum Gasteiger partial charge on any atom is 0.118 e. The molecule has 1 heterocycles. The van der Waals surface area contributed by atoms with Gasteiger partial charge in [-0.3, -0.25) is 0 Å². The van der Waals surface area contributed by atoms with Gasteiger partial charge in [0, 0.05) is 0 Å². The largest absolute Gasteiger partial charge is 0.496 e. The standard InChI is InChI=1S/C6H10O2/c1-6-5-7-3-2-4-8-6/h2,4,6H,3,5H2,1H3. The van der Waals surface area contributed by atoms with Crippen LogP contribution in [0.2, 0.25) is 0 Å². The Morgan fingerprint density at radius 2 is 2.50 bits per heavy atom. The van der Waals surface area contributed by atoms with Crippen LogP contribution in [0.5, 0.6) is 0 Å². The average Bonchev–Trinajstić information content (AvgIpc) is 1.94. The molecule has 1 aliphatic rings. The summed E-state index contributed by atoms with van der Waals surface area (Å²) in [5.74, 6) is 0. The zero-order valence-corrected chi connectivity index (χ0v) is 4.96. The van der Waals surface area contributed by atoms with Crippen molar-refractivity contribution in [1.29, 1.82) is 0 Å². The summed E-state index contributed by atoms with van der Waals surface area (Å²) in [4.78, 5) is 0. The fourth-order valence-electron chi connectivity index (χ4n) is 0.570. The predicted octanol–water partition coefficient (Wildman–Crippen LogP) is 0.935. The molecule has 0 aromatic carbocycles. The second-order valence-corrected chi connectivity index (χ2v) is 1.86. The Morgan fingerprint density at radius 1 is 1.62 bits per heavy atom. The summed E-state index contributed by atoms with van der Waals surface area (Å²) in [6.07, 6.45) is 3.77. The summed E-state index contributed by atoms with van der Waals surface area (Å²) in [5.41, 5.74) is 0. The van der Waals surface area contributed by atoms with Crippen molar-refractivity contribution in [3.8, 4) is 0 Å². The van der Waals surface area contributed by atoms with Gasteiger partial charge < -0.3 is 9.47 Å². The van der Waals surface area contributed by atoms with Crippen molar-refractivity contribution in [2.75, 3.05) is 13.2 Å². The Balaban J connectivity index is 2.30. The minimum Gasteiger partial charge on any atom is -0.496 e. The summed E-state index contributed by atoms with van der Waals surface area (Å²) in [6.45, 7) is 3.37. The first-order valence-electron chi connectivity index (χ1n) is 2.78. The first kappa shape index (κ1) is 5.63. The summed E-state index contributed by atoms with van der Waals surface area (Å²) in [7, 11) is 0. The van der Waals surface area contributed by atoms with Crippen molar-refractivity contribution < 1.29 is 9.47 Å². The molecule has 2 nitrogen and oxygen atoms in total. The summed E-state index contributed by atoms with van der Waals surface area (Å²) in [5, 5.41) is 0. The molecule has 0 saturated carbocycles. The van der Waals surface area contributed by atoms with Gasteiger partial charge in [0.1, 0.15) is 6.10 Å². The molecular weight excluding hydrogens is 104 g/mol. The Labute approximate surface area is 49.1 Å². The van der Waals surface area contributed by atoms with Gasteiger partial charge in [0.15, 0.2) is 0 Å². The van der Waals surface area contributed by atoms with E-state index in [9.17, 15) is 0 Å². The van der Waals surface area contributed by atoms with E-state index in [0.717, 1.165) is 0 Å². The van der Waals surface area contributed by atoms with Gasteiger partial charge in [-0.05, 0) is 13.0 Å². The Bertz CT molecular complexity index is 88.5. The third kappa shape index (κ3) is 1.54. The maximum absolute atomic E-state index is 5.10. The summed E-state index contributed by atoms with van der Waals surface area (Å²) < 4.78 is 10.2. The van der Waals surface area contributed by atoms with E-state index >= 15 is 0 Å². The molecule has 1 aliphatic heterocycles. The van der Waals surface area contributed by atoms with Crippen LogP contribution >= 0.6 is 0 Å². The van der Waals surface area contributed by atoms with E-state index in [-0.39, 0.29) is 6.10 Å². The normalized spacial score (nSPS) is 28.9. The number of rotatable bonds is 0.